The molecular formula is C20H21N5O2S. The Kier molecular flexibility index (Phi) is 5.57. The van der Waals surface area contributed by atoms with Gasteiger partial charge in [-0.05, 0) is 25.1 Å². The Labute approximate surface area is 167 Å². The fraction of sp³-hybridized carbons (Fsp3) is 0.300. The molecule has 0 unspecified atom stereocenters. The normalized spacial score (nSPS) is 14.3. The van der Waals surface area contributed by atoms with Gasteiger partial charge >= 0.3 is 0 Å². The lowest BCUT2D eigenvalue weighted by Crippen LogP contribution is -2.49. The van der Waals surface area contributed by atoms with Gasteiger partial charge in [-0.2, -0.15) is 0 Å². The summed E-state index contributed by atoms with van der Waals surface area (Å²) in [7, 11) is 0. The molecule has 0 N–H and O–H groups in total. The fourth-order valence-electron chi connectivity index (χ4n) is 3.14. The van der Waals surface area contributed by atoms with Crippen molar-refractivity contribution >= 4 is 23.6 Å². The van der Waals surface area contributed by atoms with Gasteiger partial charge in [0.25, 0.3) is 5.91 Å². The molecule has 0 atom stereocenters. The Morgan fingerprint density at radius 3 is 2.57 bits per heavy atom. The summed E-state index contributed by atoms with van der Waals surface area (Å²) >= 11 is 1.59. The standard InChI is InChI=1S/C20H21N5O2S/c1-15-13-16(27-23-15)14-28-18-6-3-2-5-17(18)19(26)24-9-11-25(12-10-24)20-21-7-4-8-22-20/h2-8,13H,9-12,14H2,1H3. The summed E-state index contributed by atoms with van der Waals surface area (Å²) in [6.45, 7) is 4.65. The summed E-state index contributed by atoms with van der Waals surface area (Å²) in [5, 5.41) is 3.91. The van der Waals surface area contributed by atoms with Crippen LogP contribution in [0.3, 0.4) is 0 Å². The Morgan fingerprint density at radius 1 is 1.11 bits per heavy atom. The average molecular weight is 395 g/mol. The number of carbonyl (C=O) groups excluding carboxylic acids is 1. The number of thioether (sulfide) groups is 1. The molecular weight excluding hydrogens is 374 g/mol. The number of aryl methyl sites for hydroxylation is 1. The molecule has 0 aliphatic carbocycles. The minimum atomic E-state index is 0.0606. The smallest absolute Gasteiger partial charge is 0.255 e. The van der Waals surface area contributed by atoms with Gasteiger partial charge in [0.15, 0.2) is 0 Å². The fourth-order valence-corrected chi connectivity index (χ4v) is 4.06. The molecule has 1 fully saturated rings. The lowest BCUT2D eigenvalue weighted by Gasteiger charge is -2.35. The van der Waals surface area contributed by atoms with Crippen molar-refractivity contribution in [1.29, 1.82) is 0 Å². The zero-order chi connectivity index (χ0) is 19.3. The molecule has 0 bridgehead atoms. The van der Waals surface area contributed by atoms with E-state index < -0.39 is 0 Å². The van der Waals surface area contributed by atoms with Gasteiger partial charge in [0.05, 0.1) is 17.0 Å². The van der Waals surface area contributed by atoms with Crippen molar-refractivity contribution in [3.8, 4) is 0 Å². The number of amides is 1. The van der Waals surface area contributed by atoms with Gasteiger partial charge in [-0.3, -0.25) is 4.79 Å². The van der Waals surface area contributed by atoms with Crippen LogP contribution in [-0.4, -0.2) is 52.1 Å². The molecule has 2 aromatic heterocycles. The summed E-state index contributed by atoms with van der Waals surface area (Å²) < 4.78 is 5.27. The monoisotopic (exact) mass is 395 g/mol. The SMILES string of the molecule is Cc1cc(CSc2ccccc2C(=O)N2CCN(c3ncccn3)CC2)on1. The summed E-state index contributed by atoms with van der Waals surface area (Å²) in [6.07, 6.45) is 3.48. The largest absolute Gasteiger partial charge is 0.360 e. The first-order valence-electron chi connectivity index (χ1n) is 9.16. The first kappa shape index (κ1) is 18.5. The molecule has 28 heavy (non-hydrogen) atoms. The summed E-state index contributed by atoms with van der Waals surface area (Å²) in [5.74, 6) is 2.23. The van der Waals surface area contributed by atoms with E-state index in [4.69, 9.17) is 4.52 Å². The number of carbonyl (C=O) groups is 1. The highest BCUT2D eigenvalue weighted by atomic mass is 32.2. The van der Waals surface area contributed by atoms with Gasteiger partial charge in [0.1, 0.15) is 5.76 Å². The number of nitrogens with zero attached hydrogens (tertiary/aromatic N) is 5. The van der Waals surface area contributed by atoms with E-state index in [1.54, 1.807) is 30.2 Å². The molecule has 8 heteroatoms. The zero-order valence-corrected chi connectivity index (χ0v) is 16.4. The Morgan fingerprint density at radius 2 is 1.86 bits per heavy atom. The third-order valence-corrected chi connectivity index (χ3v) is 5.66. The molecule has 0 saturated carbocycles. The number of aromatic nitrogens is 3. The van der Waals surface area contributed by atoms with Gasteiger partial charge in [-0.15, -0.1) is 11.8 Å². The zero-order valence-electron chi connectivity index (χ0n) is 15.6. The predicted octanol–water partition coefficient (Wildman–Crippen LogP) is 3.03. The van der Waals surface area contributed by atoms with Gasteiger partial charge in [0, 0.05) is 49.5 Å². The van der Waals surface area contributed by atoms with E-state index >= 15 is 0 Å². The maximum Gasteiger partial charge on any atom is 0.255 e. The molecule has 144 valence electrons. The molecule has 1 amide bonds. The van der Waals surface area contributed by atoms with Crippen LogP contribution in [0.4, 0.5) is 5.95 Å². The Balaban J connectivity index is 1.41. The molecule has 3 heterocycles. The second-order valence-corrected chi connectivity index (χ2v) is 7.56. The van der Waals surface area contributed by atoms with E-state index in [1.165, 1.54) is 0 Å². The van der Waals surface area contributed by atoms with Crippen LogP contribution in [0.2, 0.25) is 0 Å². The predicted molar refractivity (Wildman–Crippen MR) is 107 cm³/mol. The average Bonchev–Trinajstić information content (AvgIpc) is 3.18. The van der Waals surface area contributed by atoms with Gasteiger partial charge in [-0.25, -0.2) is 9.97 Å². The number of benzene rings is 1. The highest BCUT2D eigenvalue weighted by Gasteiger charge is 2.24. The minimum Gasteiger partial charge on any atom is -0.360 e. The van der Waals surface area contributed by atoms with Crippen LogP contribution >= 0.6 is 11.8 Å². The number of hydrogen-bond acceptors (Lipinski definition) is 7. The molecule has 1 aliphatic rings. The third kappa shape index (κ3) is 4.17. The maximum absolute atomic E-state index is 13.1. The number of rotatable bonds is 5. The highest BCUT2D eigenvalue weighted by molar-refractivity contribution is 7.98. The Bertz CT molecular complexity index is 939. The molecule has 1 aliphatic heterocycles. The lowest BCUT2D eigenvalue weighted by molar-refractivity contribution is 0.0742. The Hall–Kier alpha value is -2.87. The summed E-state index contributed by atoms with van der Waals surface area (Å²) in [6, 6.07) is 11.5. The van der Waals surface area contributed by atoms with Crippen LogP contribution < -0.4 is 4.90 Å². The number of piperazine rings is 1. The van der Waals surface area contributed by atoms with Crippen molar-refractivity contribution in [3.63, 3.8) is 0 Å². The van der Waals surface area contributed by atoms with E-state index in [-0.39, 0.29) is 5.91 Å². The summed E-state index contributed by atoms with van der Waals surface area (Å²) in [5.41, 5.74) is 1.59. The number of anilines is 1. The summed E-state index contributed by atoms with van der Waals surface area (Å²) in [4.78, 5) is 26.7. The molecule has 3 aromatic rings. The molecule has 7 nitrogen and oxygen atoms in total. The van der Waals surface area contributed by atoms with Crippen LogP contribution in [0.5, 0.6) is 0 Å². The van der Waals surface area contributed by atoms with Crippen LogP contribution in [0.15, 0.2) is 58.2 Å². The second kappa shape index (κ2) is 8.43. The van der Waals surface area contributed by atoms with Crippen LogP contribution in [0.25, 0.3) is 0 Å². The third-order valence-electron chi connectivity index (χ3n) is 4.57. The number of hydrogen-bond donors (Lipinski definition) is 0. The van der Waals surface area contributed by atoms with Crippen LogP contribution in [0.1, 0.15) is 21.8 Å². The topological polar surface area (TPSA) is 75.4 Å². The maximum atomic E-state index is 13.1. The highest BCUT2D eigenvalue weighted by Crippen LogP contribution is 2.28. The van der Waals surface area contributed by atoms with Crippen molar-refractivity contribution < 1.29 is 9.32 Å². The van der Waals surface area contributed by atoms with Crippen molar-refractivity contribution in [1.82, 2.24) is 20.0 Å². The molecule has 1 saturated heterocycles. The van der Waals surface area contributed by atoms with Crippen LogP contribution in [0, 0.1) is 6.92 Å². The van der Waals surface area contributed by atoms with E-state index in [0.29, 0.717) is 24.8 Å². The van der Waals surface area contributed by atoms with E-state index in [9.17, 15) is 4.79 Å². The van der Waals surface area contributed by atoms with Gasteiger partial charge < -0.3 is 14.3 Å². The first-order chi connectivity index (χ1) is 13.7. The van der Waals surface area contributed by atoms with Gasteiger partial charge in [-0.1, -0.05) is 17.3 Å². The molecule has 1 aromatic carbocycles. The van der Waals surface area contributed by atoms with Gasteiger partial charge in [0.2, 0.25) is 5.95 Å². The van der Waals surface area contributed by atoms with Crippen molar-refractivity contribution in [2.45, 2.75) is 17.6 Å². The lowest BCUT2D eigenvalue weighted by atomic mass is 10.2. The van der Waals surface area contributed by atoms with Crippen LogP contribution in [-0.2, 0) is 5.75 Å². The van der Waals surface area contributed by atoms with E-state index in [1.807, 2.05) is 42.2 Å². The second-order valence-electron chi connectivity index (χ2n) is 6.55. The van der Waals surface area contributed by atoms with E-state index in [0.717, 1.165) is 35.0 Å². The minimum absolute atomic E-state index is 0.0606. The van der Waals surface area contributed by atoms with Crippen molar-refractivity contribution in [2.24, 2.45) is 0 Å². The molecule has 0 spiro atoms. The van der Waals surface area contributed by atoms with E-state index in [2.05, 4.69) is 20.0 Å². The molecule has 0 radical (unpaired) electrons. The first-order valence-corrected chi connectivity index (χ1v) is 10.1. The van der Waals surface area contributed by atoms with Crippen molar-refractivity contribution in [3.05, 3.63) is 65.8 Å². The molecule has 4 rings (SSSR count). The quantitative estimate of drug-likeness (QED) is 0.615. The van der Waals surface area contributed by atoms with Crippen molar-refractivity contribution in [2.75, 3.05) is 31.1 Å².